The van der Waals surface area contributed by atoms with E-state index in [1.165, 1.54) is 12.2 Å². The van der Waals surface area contributed by atoms with Gasteiger partial charge in [0.15, 0.2) is 0 Å². The van der Waals surface area contributed by atoms with Gasteiger partial charge in [0.05, 0.1) is 13.2 Å². The molecule has 1 aliphatic carbocycles. The van der Waals surface area contributed by atoms with Crippen molar-refractivity contribution < 1.29 is 18.8 Å². The molecule has 2 heterocycles. The van der Waals surface area contributed by atoms with E-state index < -0.39 is 6.10 Å². The van der Waals surface area contributed by atoms with Crippen LogP contribution in [0.4, 0.5) is 4.39 Å². The zero-order valence-corrected chi connectivity index (χ0v) is 15.9. The number of likely N-dealkylation sites (N-methyl/N-ethyl adjacent to an activating group) is 1. The fourth-order valence-corrected chi connectivity index (χ4v) is 4.00. The summed E-state index contributed by atoms with van der Waals surface area (Å²) in [4.78, 5) is 21.4. The first-order valence-electron chi connectivity index (χ1n) is 9.29. The van der Waals surface area contributed by atoms with Gasteiger partial charge in [-0.3, -0.25) is 14.6 Å². The summed E-state index contributed by atoms with van der Waals surface area (Å²) >= 11 is 0. The molecule has 26 heavy (non-hydrogen) atoms. The molecule has 5 nitrogen and oxygen atoms in total. The fraction of sp³-hybridized carbons (Fsp3) is 0.600. The van der Waals surface area contributed by atoms with Gasteiger partial charge in [0, 0.05) is 30.4 Å². The number of ether oxygens (including phenoxy) is 1. The van der Waals surface area contributed by atoms with Crippen LogP contribution in [0.25, 0.3) is 5.83 Å². The number of amides is 1. The second-order valence-corrected chi connectivity index (χ2v) is 7.05. The molecule has 1 unspecified atom stereocenters. The molecule has 0 bridgehead atoms. The van der Waals surface area contributed by atoms with Crippen LogP contribution in [0.5, 0.6) is 0 Å². The summed E-state index contributed by atoms with van der Waals surface area (Å²) in [7, 11) is 3.05. The Morgan fingerprint density at radius 1 is 1.42 bits per heavy atom. The van der Waals surface area contributed by atoms with E-state index in [0.717, 1.165) is 42.5 Å². The molecule has 6 heteroatoms. The van der Waals surface area contributed by atoms with E-state index in [1.807, 2.05) is 13.1 Å². The lowest BCUT2D eigenvalue weighted by atomic mass is 9.90. The van der Waals surface area contributed by atoms with Crippen molar-refractivity contribution in [3.63, 3.8) is 0 Å². The highest BCUT2D eigenvalue weighted by molar-refractivity contribution is 5.80. The third-order valence-corrected chi connectivity index (χ3v) is 5.50. The first-order valence-corrected chi connectivity index (χ1v) is 9.29. The maximum atomic E-state index is 14.5. The van der Waals surface area contributed by atoms with Crippen molar-refractivity contribution in [1.29, 1.82) is 0 Å². The second kappa shape index (κ2) is 7.84. The number of hydroxylamine groups is 2. The highest BCUT2D eigenvalue weighted by Gasteiger charge is 2.34. The molecule has 1 aromatic rings. The van der Waals surface area contributed by atoms with E-state index in [0.29, 0.717) is 12.0 Å². The second-order valence-electron chi connectivity index (χ2n) is 7.05. The Morgan fingerprint density at radius 2 is 2.19 bits per heavy atom. The molecule has 3 rings (SSSR count). The van der Waals surface area contributed by atoms with E-state index in [1.54, 1.807) is 13.1 Å². The zero-order chi connectivity index (χ0) is 18.8. The summed E-state index contributed by atoms with van der Waals surface area (Å²) in [6, 6.07) is 0. The Kier molecular flexibility index (Phi) is 5.73. The molecule has 0 saturated carbocycles. The average Bonchev–Trinajstić information content (AvgIpc) is 3.24. The van der Waals surface area contributed by atoms with Crippen molar-refractivity contribution in [3.05, 3.63) is 34.7 Å². The molecule has 1 saturated heterocycles. The predicted molar refractivity (Wildman–Crippen MR) is 97.1 cm³/mol. The number of pyridine rings is 1. The van der Waals surface area contributed by atoms with Gasteiger partial charge < -0.3 is 4.74 Å². The highest BCUT2D eigenvalue weighted by Crippen LogP contribution is 2.43. The summed E-state index contributed by atoms with van der Waals surface area (Å²) in [5.74, 6) is -0.254. The lowest BCUT2D eigenvalue weighted by molar-refractivity contribution is -0.180. The number of carbonyl (C=O) groups is 1. The van der Waals surface area contributed by atoms with Crippen LogP contribution in [0.3, 0.4) is 0 Å². The minimum absolute atomic E-state index is 0.0303. The topological polar surface area (TPSA) is 51.7 Å². The summed E-state index contributed by atoms with van der Waals surface area (Å²) in [5.41, 5.74) is 3.62. The van der Waals surface area contributed by atoms with Crippen LogP contribution in [0.2, 0.25) is 0 Å². The van der Waals surface area contributed by atoms with E-state index in [9.17, 15) is 9.18 Å². The van der Waals surface area contributed by atoms with E-state index in [2.05, 4.69) is 11.9 Å². The van der Waals surface area contributed by atoms with Gasteiger partial charge in [-0.2, -0.15) is 0 Å². The van der Waals surface area contributed by atoms with Crippen LogP contribution in [0.1, 0.15) is 60.9 Å². The van der Waals surface area contributed by atoms with Crippen molar-refractivity contribution in [2.75, 3.05) is 14.2 Å². The monoisotopic (exact) mass is 362 g/mol. The maximum absolute atomic E-state index is 14.5. The standard InChI is InChI=1S/C20H27FN2O3/c1-5-13-11-22-12(2)18-16(21)10-14(19(13)18)6-7-15-8-9-17(26-15)20(24)23(3)25-4/h10-11,14-15,17H,5-9H2,1-4H3/t14?,15-,17-/m0/s1. The minimum Gasteiger partial charge on any atom is -0.365 e. The van der Waals surface area contributed by atoms with Crippen molar-refractivity contribution in [1.82, 2.24) is 10.0 Å². The molecule has 0 radical (unpaired) electrons. The molecule has 1 aliphatic heterocycles. The number of rotatable bonds is 6. The van der Waals surface area contributed by atoms with Crippen LogP contribution in [-0.2, 0) is 20.8 Å². The quantitative estimate of drug-likeness (QED) is 0.724. The fourth-order valence-electron chi connectivity index (χ4n) is 4.00. The van der Waals surface area contributed by atoms with Gasteiger partial charge in [-0.15, -0.1) is 0 Å². The lowest BCUT2D eigenvalue weighted by Crippen LogP contribution is -2.35. The Balaban J connectivity index is 1.64. The largest absolute Gasteiger partial charge is 0.365 e. The number of carbonyl (C=O) groups excluding carboxylic acids is 1. The highest BCUT2D eigenvalue weighted by atomic mass is 19.1. The molecular formula is C20H27FN2O3. The first-order chi connectivity index (χ1) is 12.5. The normalized spacial score (nSPS) is 24.5. The molecular weight excluding hydrogens is 335 g/mol. The van der Waals surface area contributed by atoms with Gasteiger partial charge in [0.1, 0.15) is 11.9 Å². The zero-order valence-electron chi connectivity index (χ0n) is 15.9. The molecule has 0 aromatic carbocycles. The lowest BCUT2D eigenvalue weighted by Gasteiger charge is -2.20. The summed E-state index contributed by atoms with van der Waals surface area (Å²) in [6.07, 6.45) is 7.17. The summed E-state index contributed by atoms with van der Waals surface area (Å²) in [6.45, 7) is 3.93. The maximum Gasteiger partial charge on any atom is 0.274 e. The predicted octanol–water partition coefficient (Wildman–Crippen LogP) is 3.71. The smallest absolute Gasteiger partial charge is 0.274 e. The van der Waals surface area contributed by atoms with Crippen LogP contribution >= 0.6 is 0 Å². The summed E-state index contributed by atoms with van der Waals surface area (Å²) in [5, 5.41) is 1.21. The molecule has 3 atom stereocenters. The third-order valence-electron chi connectivity index (χ3n) is 5.50. The van der Waals surface area contributed by atoms with Crippen molar-refractivity contribution in [3.8, 4) is 0 Å². The van der Waals surface area contributed by atoms with E-state index in [-0.39, 0.29) is 23.8 Å². The van der Waals surface area contributed by atoms with Crippen LogP contribution in [0.15, 0.2) is 12.3 Å². The average molecular weight is 362 g/mol. The molecule has 1 aromatic heterocycles. The Hall–Kier alpha value is -1.79. The van der Waals surface area contributed by atoms with Gasteiger partial charge in [0.25, 0.3) is 5.91 Å². The number of nitrogens with zero attached hydrogens (tertiary/aromatic N) is 2. The number of fused-ring (bicyclic) bond motifs is 1. The van der Waals surface area contributed by atoms with Gasteiger partial charge in [0.2, 0.25) is 0 Å². The number of aryl methyl sites for hydroxylation is 2. The Bertz CT molecular complexity index is 719. The minimum atomic E-state index is -0.439. The van der Waals surface area contributed by atoms with Gasteiger partial charge in [-0.05, 0) is 56.2 Å². The number of hydrogen-bond acceptors (Lipinski definition) is 4. The molecule has 2 aliphatic rings. The van der Waals surface area contributed by atoms with Crippen LogP contribution < -0.4 is 0 Å². The number of aromatic nitrogens is 1. The van der Waals surface area contributed by atoms with Crippen molar-refractivity contribution in [2.45, 2.75) is 64.1 Å². The Morgan fingerprint density at radius 3 is 2.88 bits per heavy atom. The summed E-state index contributed by atoms with van der Waals surface area (Å²) < 4.78 is 20.4. The van der Waals surface area contributed by atoms with Gasteiger partial charge >= 0.3 is 0 Å². The molecule has 1 amide bonds. The van der Waals surface area contributed by atoms with E-state index >= 15 is 0 Å². The SMILES string of the molecule is CCc1cnc(C)c2c1C(CC[C@H]1CC[C@@H](C(=O)N(C)OC)O1)C=C2F. The van der Waals surface area contributed by atoms with Crippen LogP contribution in [-0.4, -0.2) is 42.3 Å². The third kappa shape index (κ3) is 3.53. The number of allylic oxidation sites excluding steroid dienone is 1. The molecule has 0 N–H and O–H groups in total. The first kappa shape index (κ1) is 19.0. The van der Waals surface area contributed by atoms with Crippen molar-refractivity contribution >= 4 is 11.7 Å². The molecule has 142 valence electrons. The number of hydrogen-bond donors (Lipinski definition) is 0. The number of halogens is 1. The molecule has 1 fully saturated rings. The van der Waals surface area contributed by atoms with E-state index in [4.69, 9.17) is 9.57 Å². The molecule has 0 spiro atoms. The van der Waals surface area contributed by atoms with Gasteiger partial charge in [-0.25, -0.2) is 9.45 Å². The Labute approximate surface area is 154 Å². The van der Waals surface area contributed by atoms with Crippen molar-refractivity contribution in [2.24, 2.45) is 0 Å². The van der Waals surface area contributed by atoms with Gasteiger partial charge in [-0.1, -0.05) is 6.92 Å². The van der Waals surface area contributed by atoms with Crippen LogP contribution in [0, 0.1) is 6.92 Å².